The molecule has 0 saturated carbocycles. The van der Waals surface area contributed by atoms with Gasteiger partial charge in [0.25, 0.3) is 0 Å². The highest BCUT2D eigenvalue weighted by molar-refractivity contribution is 6.00. The Morgan fingerprint density at radius 1 is 0.606 bits per heavy atom. The van der Waals surface area contributed by atoms with Crippen LogP contribution in [0.1, 0.15) is 40.8 Å². The van der Waals surface area contributed by atoms with Gasteiger partial charge >= 0.3 is 0 Å². The lowest BCUT2D eigenvalue weighted by Gasteiger charge is -2.10. The standard InChI is InChI=1S/C29H22N2O2/c1-3-7-20-16(5-1)9-11-18-13-22-28(26(18)20)30-24(32-22)15-25-31-29-23(33-25)14-19-12-10-17-6-2-4-8-21(17)27(19)29/h1-12,22-23,28-29H,13-15H2/t22-,23-,28-,29-/m0/s1. The topological polar surface area (TPSA) is 43.2 Å². The molecule has 4 aromatic carbocycles. The molecule has 0 amide bonds. The molecular weight excluding hydrogens is 408 g/mol. The normalized spacial score (nSPS) is 26.3. The van der Waals surface area contributed by atoms with Crippen LogP contribution < -0.4 is 0 Å². The van der Waals surface area contributed by atoms with E-state index in [4.69, 9.17) is 19.5 Å². The molecule has 8 rings (SSSR count). The van der Waals surface area contributed by atoms with E-state index in [0.29, 0.717) is 6.42 Å². The third-order valence-corrected chi connectivity index (χ3v) is 7.70. The van der Waals surface area contributed by atoms with Gasteiger partial charge in [-0.1, -0.05) is 72.8 Å². The molecule has 0 radical (unpaired) electrons. The first-order valence-corrected chi connectivity index (χ1v) is 11.8. The molecular formula is C29H22N2O2. The highest BCUT2D eigenvalue weighted by Crippen LogP contribution is 2.46. The minimum Gasteiger partial charge on any atom is -0.474 e. The van der Waals surface area contributed by atoms with Crippen molar-refractivity contribution < 1.29 is 9.47 Å². The summed E-state index contributed by atoms with van der Waals surface area (Å²) >= 11 is 0. The fraction of sp³-hybridized carbons (Fsp3) is 0.241. The third-order valence-electron chi connectivity index (χ3n) is 7.70. The molecule has 2 aliphatic heterocycles. The van der Waals surface area contributed by atoms with E-state index in [-0.39, 0.29) is 24.3 Å². The summed E-state index contributed by atoms with van der Waals surface area (Å²) in [4.78, 5) is 10.1. The van der Waals surface area contributed by atoms with Crippen molar-refractivity contribution in [2.45, 2.75) is 43.6 Å². The zero-order valence-electron chi connectivity index (χ0n) is 18.1. The summed E-state index contributed by atoms with van der Waals surface area (Å²) in [5, 5.41) is 5.12. The third kappa shape index (κ3) is 2.52. The summed E-state index contributed by atoms with van der Waals surface area (Å²) in [6, 6.07) is 26.2. The molecule has 4 atom stereocenters. The van der Waals surface area contributed by atoms with Crippen LogP contribution in [0.25, 0.3) is 21.5 Å². The number of benzene rings is 4. The summed E-state index contributed by atoms with van der Waals surface area (Å²) in [6.07, 6.45) is 2.55. The maximum Gasteiger partial charge on any atom is 0.193 e. The van der Waals surface area contributed by atoms with Crippen molar-refractivity contribution in [1.82, 2.24) is 0 Å². The highest BCUT2D eigenvalue weighted by atomic mass is 16.5. The van der Waals surface area contributed by atoms with Crippen LogP contribution in [-0.2, 0) is 22.3 Å². The Labute approximate surface area is 191 Å². The van der Waals surface area contributed by atoms with Gasteiger partial charge in [0.15, 0.2) is 11.8 Å². The quantitative estimate of drug-likeness (QED) is 0.399. The van der Waals surface area contributed by atoms with Gasteiger partial charge in [-0.2, -0.15) is 0 Å². The molecule has 0 bridgehead atoms. The number of fused-ring (bicyclic) bond motifs is 10. The molecule has 0 fully saturated rings. The van der Waals surface area contributed by atoms with Crippen LogP contribution in [0, 0.1) is 0 Å². The van der Waals surface area contributed by atoms with Gasteiger partial charge in [-0.3, -0.25) is 0 Å². The molecule has 33 heavy (non-hydrogen) atoms. The summed E-state index contributed by atoms with van der Waals surface area (Å²) in [7, 11) is 0. The number of ether oxygens (including phenoxy) is 2. The Morgan fingerprint density at radius 2 is 1.09 bits per heavy atom. The smallest absolute Gasteiger partial charge is 0.193 e. The molecule has 2 aliphatic carbocycles. The van der Waals surface area contributed by atoms with E-state index in [2.05, 4.69) is 72.8 Å². The van der Waals surface area contributed by atoms with Gasteiger partial charge in [-0.15, -0.1) is 0 Å². The first kappa shape index (κ1) is 17.8. The van der Waals surface area contributed by atoms with Crippen LogP contribution in [0.3, 0.4) is 0 Å². The van der Waals surface area contributed by atoms with Gasteiger partial charge < -0.3 is 9.47 Å². The number of hydrogen-bond acceptors (Lipinski definition) is 4. The molecule has 0 spiro atoms. The largest absolute Gasteiger partial charge is 0.474 e. The van der Waals surface area contributed by atoms with Crippen molar-refractivity contribution in [3.63, 3.8) is 0 Å². The second-order valence-corrected chi connectivity index (χ2v) is 9.55. The number of rotatable bonds is 2. The van der Waals surface area contributed by atoms with Crippen LogP contribution in [0.4, 0.5) is 0 Å². The first-order valence-electron chi connectivity index (χ1n) is 11.8. The van der Waals surface area contributed by atoms with Crippen molar-refractivity contribution in [3.05, 3.63) is 95.1 Å². The van der Waals surface area contributed by atoms with Crippen molar-refractivity contribution in [3.8, 4) is 0 Å². The first-order chi connectivity index (χ1) is 16.3. The van der Waals surface area contributed by atoms with Crippen molar-refractivity contribution >= 4 is 33.3 Å². The molecule has 4 nitrogen and oxygen atoms in total. The van der Waals surface area contributed by atoms with Gasteiger partial charge in [0, 0.05) is 12.8 Å². The molecule has 4 aliphatic rings. The van der Waals surface area contributed by atoms with Crippen LogP contribution in [-0.4, -0.2) is 24.0 Å². The Morgan fingerprint density at radius 3 is 1.61 bits per heavy atom. The van der Waals surface area contributed by atoms with Crippen molar-refractivity contribution in [2.75, 3.05) is 0 Å². The second kappa shape index (κ2) is 6.44. The van der Waals surface area contributed by atoms with Crippen LogP contribution in [0.5, 0.6) is 0 Å². The van der Waals surface area contributed by atoms with Gasteiger partial charge in [0.05, 0.1) is 6.42 Å². The van der Waals surface area contributed by atoms with E-state index in [1.807, 2.05) is 0 Å². The molecule has 0 saturated heterocycles. The van der Waals surface area contributed by atoms with E-state index in [1.165, 1.54) is 43.8 Å². The predicted molar refractivity (Wildman–Crippen MR) is 130 cm³/mol. The highest BCUT2D eigenvalue weighted by Gasteiger charge is 2.43. The summed E-state index contributed by atoms with van der Waals surface area (Å²) in [5.74, 6) is 1.53. The Bertz CT molecular complexity index is 1420. The second-order valence-electron chi connectivity index (χ2n) is 9.55. The summed E-state index contributed by atoms with van der Waals surface area (Å²) in [6.45, 7) is 0. The van der Waals surface area contributed by atoms with Gasteiger partial charge in [-0.05, 0) is 43.8 Å². The van der Waals surface area contributed by atoms with E-state index in [9.17, 15) is 0 Å². The Hall–Kier alpha value is -3.66. The maximum absolute atomic E-state index is 6.33. The minimum absolute atomic E-state index is 0.0762. The number of nitrogens with zero attached hydrogens (tertiary/aromatic N) is 2. The molecule has 0 N–H and O–H groups in total. The zero-order chi connectivity index (χ0) is 21.5. The van der Waals surface area contributed by atoms with E-state index < -0.39 is 0 Å². The summed E-state index contributed by atoms with van der Waals surface area (Å²) < 4.78 is 12.7. The van der Waals surface area contributed by atoms with E-state index in [1.54, 1.807) is 0 Å². The molecule has 160 valence electrons. The molecule has 4 heteroatoms. The van der Waals surface area contributed by atoms with Crippen LogP contribution in [0.15, 0.2) is 82.8 Å². The number of hydrogen-bond donors (Lipinski definition) is 0. The molecule has 0 aromatic heterocycles. The van der Waals surface area contributed by atoms with E-state index in [0.717, 1.165) is 24.6 Å². The lowest BCUT2D eigenvalue weighted by Crippen LogP contribution is -2.17. The fourth-order valence-corrected chi connectivity index (χ4v) is 6.30. The predicted octanol–water partition coefficient (Wildman–Crippen LogP) is 5.87. The average molecular weight is 431 g/mol. The lowest BCUT2D eigenvalue weighted by atomic mass is 9.99. The maximum atomic E-state index is 6.33. The van der Waals surface area contributed by atoms with E-state index >= 15 is 0 Å². The van der Waals surface area contributed by atoms with Gasteiger partial charge in [0.2, 0.25) is 0 Å². The molecule has 4 aromatic rings. The Kier molecular flexibility index (Phi) is 3.48. The van der Waals surface area contributed by atoms with Crippen molar-refractivity contribution in [2.24, 2.45) is 9.98 Å². The van der Waals surface area contributed by atoms with Gasteiger partial charge in [0.1, 0.15) is 24.3 Å². The van der Waals surface area contributed by atoms with Crippen molar-refractivity contribution in [1.29, 1.82) is 0 Å². The average Bonchev–Trinajstić information content (AvgIpc) is 3.57. The molecule has 0 unspecified atom stereocenters. The number of aliphatic imine (C=N–C) groups is 2. The SMILES string of the molecule is c1ccc2c3c(ccc2c1)C[C@@H]1OC(CC2=N[C@@H]4c5c(ccc6ccccc56)C[C@@H]4O2)=N[C@H]31. The monoisotopic (exact) mass is 430 g/mol. The molecule has 2 heterocycles. The van der Waals surface area contributed by atoms with Crippen LogP contribution in [0.2, 0.25) is 0 Å². The Balaban J connectivity index is 1.11. The van der Waals surface area contributed by atoms with Crippen LogP contribution >= 0.6 is 0 Å². The lowest BCUT2D eigenvalue weighted by molar-refractivity contribution is 0.192. The zero-order valence-corrected chi connectivity index (χ0v) is 18.1. The van der Waals surface area contributed by atoms with Gasteiger partial charge in [-0.25, -0.2) is 9.98 Å². The minimum atomic E-state index is 0.0762. The summed E-state index contributed by atoms with van der Waals surface area (Å²) in [5.41, 5.74) is 5.39. The fourth-order valence-electron chi connectivity index (χ4n) is 6.30.